The molecule has 0 bridgehead atoms. The first-order chi connectivity index (χ1) is 12.6. The lowest BCUT2D eigenvalue weighted by Gasteiger charge is -2.32. The van der Waals surface area contributed by atoms with Crippen LogP contribution in [-0.4, -0.2) is 40.7 Å². The third-order valence-corrected chi connectivity index (χ3v) is 5.00. The van der Waals surface area contributed by atoms with E-state index < -0.39 is 0 Å². The van der Waals surface area contributed by atoms with Gasteiger partial charge >= 0.3 is 0 Å². The monoisotopic (exact) mass is 413 g/mol. The molecule has 1 aliphatic rings. The number of fused-ring (bicyclic) bond motifs is 1. The summed E-state index contributed by atoms with van der Waals surface area (Å²) >= 11 is 3.41. The zero-order valence-corrected chi connectivity index (χ0v) is 15.4. The number of ether oxygens (including phenoxy) is 1. The maximum absolute atomic E-state index is 12.9. The number of rotatable bonds is 2. The van der Waals surface area contributed by atoms with E-state index in [0.29, 0.717) is 30.6 Å². The largest absolute Gasteiger partial charge is 0.370 e. The second-order valence-corrected chi connectivity index (χ2v) is 7.02. The molecule has 0 unspecified atom stereocenters. The summed E-state index contributed by atoms with van der Waals surface area (Å²) in [6.45, 7) is 1.23. The van der Waals surface area contributed by atoms with Crippen molar-refractivity contribution in [1.82, 2.24) is 15.1 Å². The Bertz CT molecular complexity index is 1020. The maximum Gasteiger partial charge on any atom is 0.278 e. The number of aromatic nitrogens is 2. The van der Waals surface area contributed by atoms with Crippen molar-refractivity contribution in [2.75, 3.05) is 19.7 Å². The number of amides is 1. The van der Waals surface area contributed by atoms with E-state index >= 15 is 0 Å². The molecule has 0 saturated carbocycles. The van der Waals surface area contributed by atoms with Gasteiger partial charge in [-0.05, 0) is 29.8 Å². The molecule has 0 aliphatic carbocycles. The van der Waals surface area contributed by atoms with Gasteiger partial charge in [-0.3, -0.25) is 14.7 Å². The average molecular weight is 414 g/mol. The van der Waals surface area contributed by atoms with E-state index in [-0.39, 0.29) is 23.1 Å². The van der Waals surface area contributed by atoms with Crippen LogP contribution in [0, 0.1) is 0 Å². The predicted molar refractivity (Wildman–Crippen MR) is 101 cm³/mol. The Labute approximate surface area is 157 Å². The quantitative estimate of drug-likeness (QED) is 0.700. The summed E-state index contributed by atoms with van der Waals surface area (Å²) in [7, 11) is 0. The molecule has 26 heavy (non-hydrogen) atoms. The molecule has 1 saturated heterocycles. The van der Waals surface area contributed by atoms with Crippen LogP contribution in [0.25, 0.3) is 10.9 Å². The van der Waals surface area contributed by atoms with Gasteiger partial charge in [0.2, 0.25) is 5.43 Å². The third kappa shape index (κ3) is 3.15. The van der Waals surface area contributed by atoms with Crippen molar-refractivity contribution in [3.8, 4) is 0 Å². The standard InChI is InChI=1S/C19H16BrN3O3/c20-13-7-5-12(6-8-13)16-11-23(9-10-26-16)19(25)17-18(24)14-3-1-2-4-15(14)21-22-17/h1-8,16H,9-11H2,(H,21,24)/t16-/m0/s1. The van der Waals surface area contributed by atoms with Crippen LogP contribution < -0.4 is 5.43 Å². The third-order valence-electron chi connectivity index (χ3n) is 4.47. The van der Waals surface area contributed by atoms with Crippen LogP contribution in [0.3, 0.4) is 0 Å². The zero-order chi connectivity index (χ0) is 18.1. The SMILES string of the molecule is O=C(c1n[nH]c2ccccc2c1=O)N1CCO[C@H](c2ccc(Br)cc2)C1. The van der Waals surface area contributed by atoms with Gasteiger partial charge in [0.25, 0.3) is 5.91 Å². The molecule has 132 valence electrons. The maximum atomic E-state index is 12.9. The topological polar surface area (TPSA) is 75.3 Å². The highest BCUT2D eigenvalue weighted by Gasteiger charge is 2.28. The van der Waals surface area contributed by atoms with Crippen LogP contribution in [-0.2, 0) is 4.74 Å². The highest BCUT2D eigenvalue weighted by atomic mass is 79.9. The Hall–Kier alpha value is -2.51. The fourth-order valence-corrected chi connectivity index (χ4v) is 3.34. The number of nitrogens with zero attached hydrogens (tertiary/aromatic N) is 2. The molecule has 0 spiro atoms. The minimum absolute atomic E-state index is 0.0832. The van der Waals surface area contributed by atoms with E-state index in [4.69, 9.17) is 4.74 Å². The van der Waals surface area contributed by atoms with E-state index in [9.17, 15) is 9.59 Å². The summed E-state index contributed by atoms with van der Waals surface area (Å²) in [6.07, 6.45) is -0.222. The van der Waals surface area contributed by atoms with Gasteiger partial charge in [0, 0.05) is 16.4 Å². The molecule has 1 N–H and O–H groups in total. The molecule has 1 amide bonds. The summed E-state index contributed by atoms with van der Waals surface area (Å²) in [5.74, 6) is -0.373. The lowest BCUT2D eigenvalue weighted by molar-refractivity contribution is -0.0230. The first-order valence-corrected chi connectivity index (χ1v) is 9.06. The number of morpholine rings is 1. The molecule has 4 rings (SSSR count). The number of aromatic amines is 1. The van der Waals surface area contributed by atoms with Crippen LogP contribution in [0.1, 0.15) is 22.2 Å². The highest BCUT2D eigenvalue weighted by molar-refractivity contribution is 9.10. The number of halogens is 1. The Morgan fingerprint density at radius 1 is 1.19 bits per heavy atom. The molecule has 1 aromatic heterocycles. The van der Waals surface area contributed by atoms with E-state index in [1.165, 1.54) is 0 Å². The number of nitrogens with one attached hydrogen (secondary N) is 1. The normalized spacial score (nSPS) is 17.4. The first-order valence-electron chi connectivity index (χ1n) is 8.27. The number of para-hydroxylation sites is 1. The van der Waals surface area contributed by atoms with Gasteiger partial charge in [0.15, 0.2) is 5.69 Å². The van der Waals surface area contributed by atoms with Gasteiger partial charge in [-0.1, -0.05) is 40.2 Å². The van der Waals surface area contributed by atoms with Crippen molar-refractivity contribution in [2.24, 2.45) is 0 Å². The Kier molecular flexibility index (Phi) is 4.57. The van der Waals surface area contributed by atoms with Crippen LogP contribution in [0.15, 0.2) is 57.8 Å². The second-order valence-electron chi connectivity index (χ2n) is 6.11. The number of carbonyl (C=O) groups is 1. The minimum atomic E-state index is -0.373. The van der Waals surface area contributed by atoms with E-state index in [1.54, 1.807) is 23.1 Å². The molecule has 2 aromatic carbocycles. The van der Waals surface area contributed by atoms with Crippen molar-refractivity contribution in [2.45, 2.75) is 6.10 Å². The molecule has 1 atom stereocenters. The molecule has 6 nitrogen and oxygen atoms in total. The van der Waals surface area contributed by atoms with Crippen LogP contribution in [0.5, 0.6) is 0 Å². The molecule has 1 fully saturated rings. The molecule has 2 heterocycles. The fourth-order valence-electron chi connectivity index (χ4n) is 3.08. The highest BCUT2D eigenvalue weighted by Crippen LogP contribution is 2.24. The zero-order valence-electron chi connectivity index (χ0n) is 13.8. The Morgan fingerprint density at radius 3 is 2.77 bits per heavy atom. The van der Waals surface area contributed by atoms with Crippen molar-refractivity contribution in [3.05, 3.63) is 74.5 Å². The predicted octanol–water partition coefficient (Wildman–Crippen LogP) is 2.90. The minimum Gasteiger partial charge on any atom is -0.370 e. The first kappa shape index (κ1) is 16.9. The number of hydrogen-bond acceptors (Lipinski definition) is 4. The molecular formula is C19H16BrN3O3. The fraction of sp³-hybridized carbons (Fsp3) is 0.211. The van der Waals surface area contributed by atoms with Crippen LogP contribution in [0.2, 0.25) is 0 Å². The second kappa shape index (κ2) is 7.01. The summed E-state index contributed by atoms with van der Waals surface area (Å²) in [4.78, 5) is 27.1. The molecule has 3 aromatic rings. The molecule has 1 aliphatic heterocycles. The summed E-state index contributed by atoms with van der Waals surface area (Å²) in [6, 6.07) is 14.8. The summed E-state index contributed by atoms with van der Waals surface area (Å²) < 4.78 is 6.79. The van der Waals surface area contributed by atoms with Crippen molar-refractivity contribution in [1.29, 1.82) is 0 Å². The van der Waals surface area contributed by atoms with Gasteiger partial charge in [-0.25, -0.2) is 0 Å². The molecule has 7 heteroatoms. The van der Waals surface area contributed by atoms with Crippen molar-refractivity contribution >= 4 is 32.7 Å². The molecular weight excluding hydrogens is 398 g/mol. The van der Waals surface area contributed by atoms with Crippen LogP contribution >= 0.6 is 15.9 Å². The van der Waals surface area contributed by atoms with Crippen molar-refractivity contribution < 1.29 is 9.53 Å². The lowest BCUT2D eigenvalue weighted by Crippen LogP contribution is -2.44. The van der Waals surface area contributed by atoms with Gasteiger partial charge in [-0.15, -0.1) is 0 Å². The number of hydrogen-bond donors (Lipinski definition) is 1. The van der Waals surface area contributed by atoms with Gasteiger partial charge in [-0.2, -0.15) is 5.10 Å². The Morgan fingerprint density at radius 2 is 1.96 bits per heavy atom. The number of benzene rings is 2. The van der Waals surface area contributed by atoms with E-state index in [2.05, 4.69) is 26.1 Å². The van der Waals surface area contributed by atoms with Gasteiger partial charge in [0.05, 0.1) is 18.7 Å². The van der Waals surface area contributed by atoms with Crippen LogP contribution in [0.4, 0.5) is 0 Å². The Balaban J connectivity index is 1.61. The average Bonchev–Trinajstić information content (AvgIpc) is 2.69. The lowest BCUT2D eigenvalue weighted by atomic mass is 10.1. The molecule has 0 radical (unpaired) electrons. The van der Waals surface area contributed by atoms with Gasteiger partial charge in [0.1, 0.15) is 6.10 Å². The smallest absolute Gasteiger partial charge is 0.278 e. The number of H-pyrrole nitrogens is 1. The van der Waals surface area contributed by atoms with Crippen molar-refractivity contribution in [3.63, 3.8) is 0 Å². The van der Waals surface area contributed by atoms with E-state index in [0.717, 1.165) is 10.0 Å². The van der Waals surface area contributed by atoms with E-state index in [1.807, 2.05) is 30.3 Å². The van der Waals surface area contributed by atoms with Gasteiger partial charge < -0.3 is 9.64 Å². The summed E-state index contributed by atoms with van der Waals surface area (Å²) in [5.41, 5.74) is 1.17. The number of carbonyl (C=O) groups excluding carboxylic acids is 1. The summed E-state index contributed by atoms with van der Waals surface area (Å²) in [5, 5.41) is 7.27.